The van der Waals surface area contributed by atoms with Gasteiger partial charge in [-0.3, -0.25) is 4.79 Å². The van der Waals surface area contributed by atoms with Crippen LogP contribution in [0.25, 0.3) is 27.5 Å². The Morgan fingerprint density at radius 1 is 0.512 bits per heavy atom. The van der Waals surface area contributed by atoms with E-state index in [1.165, 1.54) is 22.5 Å². The zero-order chi connectivity index (χ0) is 29.1. The Morgan fingerprint density at radius 3 is 1.77 bits per heavy atom. The first-order valence-electron chi connectivity index (χ1n) is 14.7. The van der Waals surface area contributed by atoms with Gasteiger partial charge in [-0.25, -0.2) is 0 Å². The third kappa shape index (κ3) is 3.85. The quantitative estimate of drug-likeness (QED) is 0.202. The first-order valence-corrected chi connectivity index (χ1v) is 14.7. The van der Waals surface area contributed by atoms with Gasteiger partial charge < -0.3 is 9.47 Å². The Hall–Kier alpha value is -5.41. The number of carbonyl (C=O) groups excluding carboxylic acids is 1. The van der Waals surface area contributed by atoms with E-state index in [2.05, 4.69) is 139 Å². The van der Waals surface area contributed by atoms with E-state index in [1.807, 2.05) is 30.3 Å². The molecule has 0 N–H and O–H groups in total. The van der Waals surface area contributed by atoms with Crippen LogP contribution in [0.5, 0.6) is 0 Å². The SMILES string of the molecule is CC1(C)c2ccccc2N(c2ccc(C(=O)c3ccc4c(c3)c3ccccc3n4-c3ccccc3)cc2)c2ccccc21. The van der Waals surface area contributed by atoms with Gasteiger partial charge in [-0.1, -0.05) is 86.6 Å². The lowest BCUT2D eigenvalue weighted by Gasteiger charge is -2.42. The van der Waals surface area contributed by atoms with Crippen molar-refractivity contribution in [3.63, 3.8) is 0 Å². The van der Waals surface area contributed by atoms with Gasteiger partial charge in [0, 0.05) is 38.7 Å². The molecule has 0 saturated heterocycles. The van der Waals surface area contributed by atoms with Gasteiger partial charge in [0.2, 0.25) is 0 Å². The predicted molar refractivity (Wildman–Crippen MR) is 177 cm³/mol. The second-order valence-corrected chi connectivity index (χ2v) is 11.8. The molecule has 8 rings (SSSR count). The molecule has 2 heterocycles. The van der Waals surface area contributed by atoms with Crippen LogP contribution in [-0.2, 0) is 5.41 Å². The molecule has 1 aromatic heterocycles. The lowest BCUT2D eigenvalue weighted by molar-refractivity contribution is 0.103. The highest BCUT2D eigenvalue weighted by Crippen LogP contribution is 2.51. The summed E-state index contributed by atoms with van der Waals surface area (Å²) in [4.78, 5) is 16.2. The van der Waals surface area contributed by atoms with Crippen molar-refractivity contribution in [3.8, 4) is 5.69 Å². The summed E-state index contributed by atoms with van der Waals surface area (Å²) in [6.07, 6.45) is 0. The zero-order valence-electron chi connectivity index (χ0n) is 24.2. The molecule has 0 radical (unpaired) electrons. The van der Waals surface area contributed by atoms with Gasteiger partial charge in [-0.2, -0.15) is 0 Å². The summed E-state index contributed by atoms with van der Waals surface area (Å²) in [5.74, 6) is 0.0190. The number of nitrogens with zero attached hydrogens (tertiary/aromatic N) is 2. The number of carbonyl (C=O) groups is 1. The van der Waals surface area contributed by atoms with Crippen molar-refractivity contribution >= 4 is 44.7 Å². The Balaban J connectivity index is 1.19. The first-order chi connectivity index (χ1) is 21.0. The fourth-order valence-electron chi connectivity index (χ4n) is 6.85. The Labute approximate surface area is 251 Å². The van der Waals surface area contributed by atoms with Crippen molar-refractivity contribution in [3.05, 3.63) is 168 Å². The minimum Gasteiger partial charge on any atom is -0.310 e. The fourth-order valence-corrected chi connectivity index (χ4v) is 6.85. The van der Waals surface area contributed by atoms with E-state index < -0.39 is 0 Å². The number of hydrogen-bond donors (Lipinski definition) is 0. The summed E-state index contributed by atoms with van der Waals surface area (Å²) < 4.78 is 2.27. The van der Waals surface area contributed by atoms with E-state index >= 15 is 0 Å². The van der Waals surface area contributed by atoms with Crippen molar-refractivity contribution in [2.75, 3.05) is 4.90 Å². The Morgan fingerprint density at radius 2 is 1.07 bits per heavy atom. The normalized spacial score (nSPS) is 13.6. The van der Waals surface area contributed by atoms with E-state index in [0.29, 0.717) is 11.1 Å². The maximum Gasteiger partial charge on any atom is 0.193 e. The third-order valence-electron chi connectivity index (χ3n) is 8.97. The van der Waals surface area contributed by atoms with E-state index in [1.54, 1.807) is 0 Å². The number of fused-ring (bicyclic) bond motifs is 5. The summed E-state index contributed by atoms with van der Waals surface area (Å²) in [7, 11) is 0. The van der Waals surface area contributed by atoms with Gasteiger partial charge in [-0.05, 0) is 83.9 Å². The minimum absolute atomic E-state index is 0.0190. The molecule has 0 fully saturated rings. The highest BCUT2D eigenvalue weighted by molar-refractivity contribution is 6.15. The van der Waals surface area contributed by atoms with Gasteiger partial charge >= 0.3 is 0 Å². The van der Waals surface area contributed by atoms with Crippen LogP contribution in [0, 0.1) is 0 Å². The molecule has 0 bridgehead atoms. The van der Waals surface area contributed by atoms with Crippen LogP contribution < -0.4 is 4.90 Å². The summed E-state index contributed by atoms with van der Waals surface area (Å²) in [5, 5.41) is 2.21. The van der Waals surface area contributed by atoms with Crippen LogP contribution in [0.3, 0.4) is 0 Å². The molecule has 0 aliphatic carbocycles. The van der Waals surface area contributed by atoms with Gasteiger partial charge in [-0.15, -0.1) is 0 Å². The molecule has 7 aromatic rings. The van der Waals surface area contributed by atoms with E-state index in [9.17, 15) is 4.79 Å². The molecule has 1 aliphatic rings. The van der Waals surface area contributed by atoms with Crippen LogP contribution in [0.4, 0.5) is 17.1 Å². The van der Waals surface area contributed by atoms with Crippen LogP contribution in [0.15, 0.2) is 146 Å². The lowest BCUT2D eigenvalue weighted by Crippen LogP contribution is -2.30. The van der Waals surface area contributed by atoms with Gasteiger partial charge in [0.05, 0.1) is 22.4 Å². The maximum absolute atomic E-state index is 13.9. The largest absolute Gasteiger partial charge is 0.310 e. The summed E-state index contributed by atoms with van der Waals surface area (Å²) in [6.45, 7) is 4.58. The van der Waals surface area contributed by atoms with Gasteiger partial charge in [0.1, 0.15) is 0 Å². The molecule has 1 aliphatic heterocycles. The highest BCUT2D eigenvalue weighted by Gasteiger charge is 2.36. The monoisotopic (exact) mass is 554 g/mol. The summed E-state index contributed by atoms with van der Waals surface area (Å²) in [6, 6.07) is 50.1. The summed E-state index contributed by atoms with van der Waals surface area (Å²) >= 11 is 0. The molecule has 3 nitrogen and oxygen atoms in total. The van der Waals surface area contributed by atoms with Crippen molar-refractivity contribution in [2.24, 2.45) is 0 Å². The molecule has 0 saturated carbocycles. The lowest BCUT2D eigenvalue weighted by atomic mass is 9.73. The number of anilines is 3. The second-order valence-electron chi connectivity index (χ2n) is 11.8. The van der Waals surface area contributed by atoms with Crippen LogP contribution in [0.2, 0.25) is 0 Å². The molecule has 206 valence electrons. The number of benzene rings is 6. The number of aromatic nitrogens is 1. The average Bonchev–Trinajstić information content (AvgIpc) is 3.39. The number of ketones is 1. The van der Waals surface area contributed by atoms with Crippen LogP contribution >= 0.6 is 0 Å². The van der Waals surface area contributed by atoms with Crippen LogP contribution in [-0.4, -0.2) is 10.4 Å². The van der Waals surface area contributed by atoms with E-state index in [-0.39, 0.29) is 11.2 Å². The first kappa shape index (κ1) is 25.3. The molecule has 0 spiro atoms. The molecular weight excluding hydrogens is 524 g/mol. The number of para-hydroxylation sites is 4. The van der Waals surface area contributed by atoms with Crippen LogP contribution in [0.1, 0.15) is 40.9 Å². The molecule has 43 heavy (non-hydrogen) atoms. The smallest absolute Gasteiger partial charge is 0.193 e. The molecular formula is C40H30N2O. The zero-order valence-corrected chi connectivity index (χ0v) is 24.2. The number of hydrogen-bond acceptors (Lipinski definition) is 2. The third-order valence-corrected chi connectivity index (χ3v) is 8.97. The minimum atomic E-state index is -0.109. The second kappa shape index (κ2) is 9.57. The molecule has 0 unspecified atom stereocenters. The number of rotatable bonds is 4. The summed E-state index contributed by atoms with van der Waals surface area (Å²) in [5.41, 5.74) is 10.5. The molecule has 0 atom stereocenters. The van der Waals surface area contributed by atoms with E-state index in [4.69, 9.17) is 0 Å². The van der Waals surface area contributed by atoms with Crippen molar-refractivity contribution in [1.82, 2.24) is 4.57 Å². The van der Waals surface area contributed by atoms with Gasteiger partial charge in [0.15, 0.2) is 5.78 Å². The Bertz CT molecular complexity index is 2120. The Kier molecular flexibility index (Phi) is 5.63. The maximum atomic E-state index is 13.9. The highest BCUT2D eigenvalue weighted by atomic mass is 16.1. The molecule has 6 aromatic carbocycles. The molecule has 3 heteroatoms. The van der Waals surface area contributed by atoms with Crippen molar-refractivity contribution < 1.29 is 4.79 Å². The average molecular weight is 555 g/mol. The van der Waals surface area contributed by atoms with E-state index in [0.717, 1.165) is 33.2 Å². The van der Waals surface area contributed by atoms with Gasteiger partial charge in [0.25, 0.3) is 0 Å². The predicted octanol–water partition coefficient (Wildman–Crippen LogP) is 10.1. The van der Waals surface area contributed by atoms with Crippen molar-refractivity contribution in [2.45, 2.75) is 19.3 Å². The fraction of sp³-hybridized carbons (Fsp3) is 0.0750. The standard InChI is InChI=1S/C40H30N2O/c1-40(2)33-15-7-10-18-37(33)42(38-19-11-8-16-34(38)40)30-23-20-27(21-24-30)39(43)28-22-25-36-32(26-28)31-14-6-9-17-35(31)41(36)29-12-4-3-5-13-29/h3-26H,1-2H3. The topological polar surface area (TPSA) is 25.2 Å². The van der Waals surface area contributed by atoms with Crippen molar-refractivity contribution in [1.29, 1.82) is 0 Å². The molecule has 0 amide bonds.